The number of aryl methyl sites for hydroxylation is 2. The first kappa shape index (κ1) is 10.3. The molecule has 0 spiro atoms. The maximum absolute atomic E-state index is 3.28. The van der Waals surface area contributed by atoms with Gasteiger partial charge in [0.1, 0.15) is 0 Å². The van der Waals surface area contributed by atoms with E-state index in [4.69, 9.17) is 0 Å². The van der Waals surface area contributed by atoms with E-state index >= 15 is 0 Å². The summed E-state index contributed by atoms with van der Waals surface area (Å²) >= 11 is 0. The van der Waals surface area contributed by atoms with Gasteiger partial charge in [0.15, 0.2) is 0 Å². The molecule has 0 aliphatic rings. The summed E-state index contributed by atoms with van der Waals surface area (Å²) in [5, 5.41) is 0. The quantitative estimate of drug-likeness (QED) is 0.588. The molecule has 11 heavy (non-hydrogen) atoms. The van der Waals surface area contributed by atoms with Crippen LogP contribution in [0.4, 0.5) is 0 Å². The third kappa shape index (κ3) is 2.11. The topological polar surface area (TPSA) is 15.8 Å². The average molecular weight is 153 g/mol. The molecule has 0 saturated carbocycles. The van der Waals surface area contributed by atoms with Gasteiger partial charge in [-0.05, 0) is 38.8 Å². The second-order valence-electron chi connectivity index (χ2n) is 2.62. The molecule has 1 aromatic rings. The number of hydrogen-bond acceptors (Lipinski definition) is 0. The highest BCUT2D eigenvalue weighted by Gasteiger charge is 2.00. The van der Waals surface area contributed by atoms with E-state index in [1.165, 1.54) is 22.5 Å². The summed E-state index contributed by atoms with van der Waals surface area (Å²) in [6.07, 6.45) is 0. The number of H-pyrrole nitrogens is 1. The van der Waals surface area contributed by atoms with Crippen molar-refractivity contribution in [3.63, 3.8) is 0 Å². The molecular weight excluding hydrogens is 134 g/mol. The Morgan fingerprint density at radius 2 is 1.00 bits per heavy atom. The molecule has 0 atom stereocenters. The van der Waals surface area contributed by atoms with E-state index in [2.05, 4.69) is 32.7 Å². The Balaban J connectivity index is 0.000000461. The summed E-state index contributed by atoms with van der Waals surface area (Å²) in [4.78, 5) is 3.28. The number of aromatic amines is 1. The molecular formula is C10H19N. The lowest BCUT2D eigenvalue weighted by Gasteiger charge is -1.88. The molecule has 1 heterocycles. The Labute approximate surface area is 69.8 Å². The zero-order valence-corrected chi connectivity index (χ0v) is 8.50. The van der Waals surface area contributed by atoms with Crippen molar-refractivity contribution in [2.75, 3.05) is 0 Å². The molecule has 0 bridgehead atoms. The normalized spacial score (nSPS) is 8.91. The highest BCUT2D eigenvalue weighted by atomic mass is 14.7. The molecule has 0 fully saturated rings. The Hall–Kier alpha value is -0.720. The SMILES string of the molecule is CC.Cc1[nH]c(C)c(C)c1C. The van der Waals surface area contributed by atoms with Crippen LogP contribution < -0.4 is 0 Å². The fraction of sp³-hybridized carbons (Fsp3) is 0.600. The van der Waals surface area contributed by atoms with Gasteiger partial charge >= 0.3 is 0 Å². The molecule has 1 aromatic heterocycles. The maximum atomic E-state index is 3.28. The minimum Gasteiger partial charge on any atom is -0.362 e. The van der Waals surface area contributed by atoms with Crippen LogP contribution in [0.25, 0.3) is 0 Å². The van der Waals surface area contributed by atoms with Crippen LogP contribution in [0.1, 0.15) is 36.4 Å². The molecule has 0 amide bonds. The van der Waals surface area contributed by atoms with Gasteiger partial charge in [0.25, 0.3) is 0 Å². The van der Waals surface area contributed by atoms with Crippen molar-refractivity contribution in [2.45, 2.75) is 41.5 Å². The summed E-state index contributed by atoms with van der Waals surface area (Å²) in [5.74, 6) is 0. The summed E-state index contributed by atoms with van der Waals surface area (Å²) in [6, 6.07) is 0. The van der Waals surface area contributed by atoms with E-state index in [0.717, 1.165) is 0 Å². The average Bonchev–Trinajstić information content (AvgIpc) is 2.22. The van der Waals surface area contributed by atoms with E-state index in [0.29, 0.717) is 0 Å². The Morgan fingerprint density at radius 1 is 0.727 bits per heavy atom. The monoisotopic (exact) mass is 153 g/mol. The Kier molecular flexibility index (Phi) is 3.94. The van der Waals surface area contributed by atoms with Crippen molar-refractivity contribution in [3.05, 3.63) is 22.5 Å². The molecule has 0 aliphatic heterocycles. The van der Waals surface area contributed by atoms with E-state index in [1.54, 1.807) is 0 Å². The summed E-state index contributed by atoms with van der Waals surface area (Å²) < 4.78 is 0. The molecule has 1 heteroatoms. The highest BCUT2D eigenvalue weighted by molar-refractivity contribution is 5.32. The molecule has 0 unspecified atom stereocenters. The van der Waals surface area contributed by atoms with Gasteiger partial charge in [-0.3, -0.25) is 0 Å². The van der Waals surface area contributed by atoms with Crippen LogP contribution in [0.15, 0.2) is 0 Å². The van der Waals surface area contributed by atoms with Gasteiger partial charge in [-0.15, -0.1) is 0 Å². The second kappa shape index (κ2) is 4.22. The Bertz CT molecular complexity index is 199. The number of aromatic nitrogens is 1. The molecule has 0 saturated heterocycles. The molecule has 0 aromatic carbocycles. The van der Waals surface area contributed by atoms with E-state index in [9.17, 15) is 0 Å². The van der Waals surface area contributed by atoms with Gasteiger partial charge in [-0.2, -0.15) is 0 Å². The summed E-state index contributed by atoms with van der Waals surface area (Å²) in [6.45, 7) is 12.5. The molecule has 0 radical (unpaired) electrons. The van der Waals surface area contributed by atoms with E-state index in [1.807, 2.05) is 13.8 Å². The minimum absolute atomic E-state index is 1.30. The summed E-state index contributed by atoms with van der Waals surface area (Å²) in [5.41, 5.74) is 5.38. The zero-order chi connectivity index (χ0) is 9.02. The van der Waals surface area contributed by atoms with E-state index in [-0.39, 0.29) is 0 Å². The fourth-order valence-corrected chi connectivity index (χ4v) is 1.03. The van der Waals surface area contributed by atoms with Crippen LogP contribution >= 0.6 is 0 Å². The largest absolute Gasteiger partial charge is 0.362 e. The molecule has 1 rings (SSSR count). The molecule has 1 nitrogen and oxygen atoms in total. The third-order valence-corrected chi connectivity index (χ3v) is 2.06. The number of hydrogen-bond donors (Lipinski definition) is 1. The van der Waals surface area contributed by atoms with E-state index < -0.39 is 0 Å². The first-order chi connectivity index (χ1) is 5.13. The first-order valence-corrected chi connectivity index (χ1v) is 4.25. The van der Waals surface area contributed by atoms with Gasteiger partial charge in [0.2, 0.25) is 0 Å². The highest BCUT2D eigenvalue weighted by Crippen LogP contribution is 2.14. The second-order valence-corrected chi connectivity index (χ2v) is 2.62. The van der Waals surface area contributed by atoms with Crippen molar-refractivity contribution in [3.8, 4) is 0 Å². The van der Waals surface area contributed by atoms with Gasteiger partial charge < -0.3 is 4.98 Å². The standard InChI is InChI=1S/C8H13N.C2H6/c1-5-6(2)8(4)9-7(5)3;1-2/h9H,1-4H3;1-2H3. The van der Waals surface area contributed by atoms with Crippen LogP contribution in [0.5, 0.6) is 0 Å². The fourth-order valence-electron chi connectivity index (χ4n) is 1.03. The summed E-state index contributed by atoms with van der Waals surface area (Å²) in [7, 11) is 0. The van der Waals surface area contributed by atoms with Gasteiger partial charge in [0, 0.05) is 11.4 Å². The van der Waals surface area contributed by atoms with Crippen LogP contribution in [0, 0.1) is 27.7 Å². The minimum atomic E-state index is 1.30. The first-order valence-electron chi connectivity index (χ1n) is 4.25. The molecule has 0 aliphatic carbocycles. The van der Waals surface area contributed by atoms with Crippen LogP contribution in [-0.4, -0.2) is 4.98 Å². The van der Waals surface area contributed by atoms with Crippen LogP contribution in [0.3, 0.4) is 0 Å². The maximum Gasteiger partial charge on any atom is 0.0150 e. The number of rotatable bonds is 0. The third-order valence-electron chi connectivity index (χ3n) is 2.06. The number of nitrogens with one attached hydrogen (secondary N) is 1. The Morgan fingerprint density at radius 3 is 1.09 bits per heavy atom. The van der Waals surface area contributed by atoms with Crippen molar-refractivity contribution >= 4 is 0 Å². The van der Waals surface area contributed by atoms with Crippen molar-refractivity contribution in [1.29, 1.82) is 0 Å². The lowest BCUT2D eigenvalue weighted by molar-refractivity contribution is 1.17. The van der Waals surface area contributed by atoms with Crippen molar-refractivity contribution < 1.29 is 0 Å². The lowest BCUT2D eigenvalue weighted by Crippen LogP contribution is -1.73. The predicted molar refractivity (Wildman–Crippen MR) is 51.1 cm³/mol. The van der Waals surface area contributed by atoms with Gasteiger partial charge in [-0.25, -0.2) is 0 Å². The van der Waals surface area contributed by atoms with Crippen molar-refractivity contribution in [2.24, 2.45) is 0 Å². The van der Waals surface area contributed by atoms with Crippen molar-refractivity contribution in [1.82, 2.24) is 4.98 Å². The van der Waals surface area contributed by atoms with Gasteiger partial charge in [0.05, 0.1) is 0 Å². The smallest absolute Gasteiger partial charge is 0.0150 e. The van der Waals surface area contributed by atoms with Crippen LogP contribution in [0.2, 0.25) is 0 Å². The van der Waals surface area contributed by atoms with Crippen LogP contribution in [-0.2, 0) is 0 Å². The van der Waals surface area contributed by atoms with Gasteiger partial charge in [-0.1, -0.05) is 13.8 Å². The zero-order valence-electron chi connectivity index (χ0n) is 8.50. The predicted octanol–water partition coefficient (Wildman–Crippen LogP) is 3.27. The lowest BCUT2D eigenvalue weighted by atomic mass is 10.2. The molecule has 1 N–H and O–H groups in total. The molecule has 64 valence electrons.